The van der Waals surface area contributed by atoms with Crippen molar-refractivity contribution in [1.82, 2.24) is 5.32 Å². The zero-order chi connectivity index (χ0) is 32.0. The third-order valence-corrected chi connectivity index (χ3v) is 13.5. The summed E-state index contributed by atoms with van der Waals surface area (Å²) >= 11 is 0. The molecule has 4 saturated carbocycles. The van der Waals surface area contributed by atoms with Crippen LogP contribution in [0.25, 0.3) is 0 Å². The number of amides is 1. The van der Waals surface area contributed by atoms with Crippen LogP contribution < -0.4 is 5.32 Å². The van der Waals surface area contributed by atoms with E-state index in [4.69, 9.17) is 0 Å². The summed E-state index contributed by atoms with van der Waals surface area (Å²) in [5, 5.41) is 46.5. The van der Waals surface area contributed by atoms with E-state index in [-0.39, 0.29) is 59.0 Å². The number of nitrogens with one attached hydrogen (secondary N) is 1. The minimum atomic E-state index is -4.48. The minimum absolute atomic E-state index is 0.0141. The number of aliphatic hydroxyl groups is 4. The van der Waals surface area contributed by atoms with E-state index in [2.05, 4.69) is 26.1 Å². The Hall–Kier alpha value is -0.820. The van der Waals surface area contributed by atoms with E-state index in [1.165, 1.54) is 0 Å². The van der Waals surface area contributed by atoms with Gasteiger partial charge >= 0.3 is 0 Å². The third kappa shape index (κ3) is 7.60. The summed E-state index contributed by atoms with van der Waals surface area (Å²) in [5.41, 5.74) is -0.229. The fourth-order valence-corrected chi connectivity index (χ4v) is 11.0. The maximum absolute atomic E-state index is 12.7. The van der Waals surface area contributed by atoms with Crippen molar-refractivity contribution >= 4 is 16.0 Å². The van der Waals surface area contributed by atoms with E-state index in [1.54, 1.807) is 0 Å². The number of quaternary nitrogens is 1. The van der Waals surface area contributed by atoms with Gasteiger partial charge in [0.2, 0.25) is 5.91 Å². The van der Waals surface area contributed by atoms with Crippen molar-refractivity contribution in [1.29, 1.82) is 0 Å². The number of fused-ring (bicyclic) bond motifs is 5. The highest BCUT2D eigenvalue weighted by Crippen LogP contribution is 2.68. The molecule has 4 aliphatic rings. The normalized spacial score (nSPS) is 41.1. The molecule has 0 aromatic heterocycles. The van der Waals surface area contributed by atoms with E-state index in [1.807, 2.05) is 14.1 Å². The average Bonchev–Trinajstić information content (AvgIpc) is 3.24. The van der Waals surface area contributed by atoms with Gasteiger partial charge < -0.3 is 34.8 Å². The van der Waals surface area contributed by atoms with Crippen molar-refractivity contribution < 1.29 is 42.7 Å². The Kier molecular flexibility index (Phi) is 10.7. The van der Waals surface area contributed by atoms with E-state index >= 15 is 0 Å². The Morgan fingerprint density at radius 1 is 1.07 bits per heavy atom. The molecular weight excluding hydrogens is 572 g/mol. The molecule has 0 spiro atoms. The quantitative estimate of drug-likeness (QED) is 0.124. The second-order valence-corrected chi connectivity index (χ2v) is 17.4. The highest BCUT2D eigenvalue weighted by molar-refractivity contribution is 7.85. The minimum Gasteiger partial charge on any atom is -0.748 e. The molecule has 43 heavy (non-hydrogen) atoms. The van der Waals surface area contributed by atoms with Crippen LogP contribution in [0.1, 0.15) is 85.0 Å². The van der Waals surface area contributed by atoms with Gasteiger partial charge in [-0.3, -0.25) is 4.79 Å². The zero-order valence-corrected chi connectivity index (χ0v) is 27.8. The lowest BCUT2D eigenvalue weighted by Gasteiger charge is -2.63. The molecule has 5 N–H and O–H groups in total. The first-order chi connectivity index (χ1) is 19.9. The van der Waals surface area contributed by atoms with Gasteiger partial charge in [0.1, 0.15) is 12.6 Å². The van der Waals surface area contributed by atoms with Crippen LogP contribution in [-0.4, -0.2) is 108 Å². The number of hydrogen-bond acceptors (Lipinski definition) is 8. The number of carbonyl (C=O) groups excluding carboxylic acids is 1. The van der Waals surface area contributed by atoms with Crippen LogP contribution in [0.3, 0.4) is 0 Å². The van der Waals surface area contributed by atoms with Crippen LogP contribution in [0, 0.1) is 46.3 Å². The molecule has 0 radical (unpaired) electrons. The average molecular weight is 631 g/mol. The summed E-state index contributed by atoms with van der Waals surface area (Å²) in [7, 11) is -0.775. The van der Waals surface area contributed by atoms with Crippen LogP contribution >= 0.6 is 0 Å². The van der Waals surface area contributed by atoms with Crippen LogP contribution in [0.5, 0.6) is 0 Å². The SMILES string of the molecule is CC(CCC(=O)NCCC[N+](C)(C)CC(O)CS(=O)(=O)[O-])C1CCC2C3C(O)CC4C[C@H](O)CCC4(C)C3C[C@H](O)C12C. The molecule has 0 heterocycles. The van der Waals surface area contributed by atoms with Gasteiger partial charge in [0.05, 0.1) is 54.8 Å². The molecule has 0 saturated heterocycles. The molecular formula is C32H58N2O8S. The molecule has 0 aliphatic heterocycles. The zero-order valence-electron chi connectivity index (χ0n) is 27.0. The molecule has 10 unspecified atom stereocenters. The van der Waals surface area contributed by atoms with E-state index in [9.17, 15) is 38.2 Å². The van der Waals surface area contributed by atoms with Gasteiger partial charge in [0, 0.05) is 19.4 Å². The highest BCUT2D eigenvalue weighted by Gasteiger charge is 2.65. The van der Waals surface area contributed by atoms with Crippen molar-refractivity contribution in [3.63, 3.8) is 0 Å². The molecule has 0 aromatic rings. The molecule has 4 rings (SSSR count). The lowest BCUT2D eigenvalue weighted by atomic mass is 9.43. The van der Waals surface area contributed by atoms with E-state index < -0.39 is 34.2 Å². The van der Waals surface area contributed by atoms with Crippen molar-refractivity contribution in [2.45, 2.75) is 109 Å². The van der Waals surface area contributed by atoms with Gasteiger partial charge in [-0.05, 0) is 97.7 Å². The number of nitrogens with zero attached hydrogens (tertiary/aromatic N) is 1. The van der Waals surface area contributed by atoms with Crippen LogP contribution in [-0.2, 0) is 14.9 Å². The maximum atomic E-state index is 12.7. The summed E-state index contributed by atoms with van der Waals surface area (Å²) in [4.78, 5) is 12.7. The largest absolute Gasteiger partial charge is 0.748 e. The van der Waals surface area contributed by atoms with Crippen molar-refractivity contribution in [3.8, 4) is 0 Å². The van der Waals surface area contributed by atoms with E-state index in [0.29, 0.717) is 42.8 Å². The van der Waals surface area contributed by atoms with Crippen molar-refractivity contribution in [3.05, 3.63) is 0 Å². The fraction of sp³-hybridized carbons (Fsp3) is 0.969. The Balaban J connectivity index is 1.27. The van der Waals surface area contributed by atoms with Crippen LogP contribution in [0.4, 0.5) is 0 Å². The molecule has 250 valence electrons. The predicted molar refractivity (Wildman–Crippen MR) is 162 cm³/mol. The molecule has 12 atom stereocenters. The molecule has 10 nitrogen and oxygen atoms in total. The Labute approximate surface area is 259 Å². The summed E-state index contributed by atoms with van der Waals surface area (Å²) < 4.78 is 33.0. The van der Waals surface area contributed by atoms with Gasteiger partial charge in [0.25, 0.3) is 0 Å². The first-order valence-electron chi connectivity index (χ1n) is 16.6. The number of aliphatic hydroxyl groups excluding tert-OH is 4. The smallest absolute Gasteiger partial charge is 0.220 e. The Morgan fingerprint density at radius 3 is 2.44 bits per heavy atom. The highest BCUT2D eigenvalue weighted by atomic mass is 32.2. The molecule has 4 aliphatic carbocycles. The fourth-order valence-electron chi connectivity index (χ4n) is 10.5. The maximum Gasteiger partial charge on any atom is 0.220 e. The van der Waals surface area contributed by atoms with Gasteiger partial charge in [0.15, 0.2) is 0 Å². The van der Waals surface area contributed by atoms with Gasteiger partial charge in [-0.2, -0.15) is 0 Å². The van der Waals surface area contributed by atoms with Crippen LogP contribution in [0.15, 0.2) is 0 Å². The number of carbonyl (C=O) groups is 1. The standard InChI is InChI=1S/C32H58N2O8S/c1-20(7-10-29(39)33-13-6-14-34(4,5)18-23(36)19-43(40,41)42)24-8-9-25-30-26(17-28(38)32(24,25)3)31(2)12-11-22(35)15-21(31)16-27(30)37/h20-28,30,35-38H,6-19H2,1-5H3,(H-,33,39,40,41,42)/t20?,21?,22-,23?,24?,25?,26?,27?,28+,30?,31?,32?/m1/s1. The number of hydrogen-bond donors (Lipinski definition) is 5. The molecule has 0 bridgehead atoms. The summed E-state index contributed by atoms with van der Waals surface area (Å²) in [6, 6.07) is 0. The second-order valence-electron chi connectivity index (χ2n) is 16.0. The summed E-state index contributed by atoms with van der Waals surface area (Å²) in [5.74, 6) is 0.749. The van der Waals surface area contributed by atoms with Gasteiger partial charge in [-0.1, -0.05) is 20.8 Å². The van der Waals surface area contributed by atoms with Crippen LogP contribution in [0.2, 0.25) is 0 Å². The van der Waals surface area contributed by atoms with Crippen molar-refractivity contribution in [2.75, 3.05) is 39.5 Å². The first-order valence-corrected chi connectivity index (χ1v) is 18.2. The van der Waals surface area contributed by atoms with Gasteiger partial charge in [-0.15, -0.1) is 0 Å². The second kappa shape index (κ2) is 13.1. The monoisotopic (exact) mass is 630 g/mol. The topological polar surface area (TPSA) is 167 Å². The Morgan fingerprint density at radius 2 is 1.77 bits per heavy atom. The summed E-state index contributed by atoms with van der Waals surface area (Å²) in [6.07, 6.45) is 5.44. The number of likely N-dealkylation sites (N-methyl/N-ethyl adjacent to an activating group) is 1. The molecule has 1 amide bonds. The predicted octanol–water partition coefficient (Wildman–Crippen LogP) is 1.85. The lowest BCUT2D eigenvalue weighted by Crippen LogP contribution is -2.62. The third-order valence-electron chi connectivity index (χ3n) is 12.7. The summed E-state index contributed by atoms with van der Waals surface area (Å²) in [6.45, 7) is 8.02. The lowest BCUT2D eigenvalue weighted by molar-refractivity contribution is -0.893. The van der Waals surface area contributed by atoms with Gasteiger partial charge in [-0.25, -0.2) is 8.42 Å². The molecule has 11 heteroatoms. The number of rotatable bonds is 12. The van der Waals surface area contributed by atoms with Crippen molar-refractivity contribution in [2.24, 2.45) is 46.3 Å². The first kappa shape index (κ1) is 35.0. The molecule has 0 aromatic carbocycles. The Bertz CT molecular complexity index is 1090. The van der Waals surface area contributed by atoms with E-state index in [0.717, 1.165) is 44.9 Å². The molecule has 4 fully saturated rings.